The van der Waals surface area contributed by atoms with Crippen molar-refractivity contribution in [2.24, 2.45) is 0 Å². The molecule has 0 atom stereocenters. The van der Waals surface area contributed by atoms with E-state index < -0.39 is 0 Å². The highest BCUT2D eigenvalue weighted by atomic mass is 16.5. The number of nitrogens with zero attached hydrogens (tertiary/aromatic N) is 4. The summed E-state index contributed by atoms with van der Waals surface area (Å²) in [5.41, 5.74) is 1.93. The van der Waals surface area contributed by atoms with Gasteiger partial charge in [0, 0.05) is 31.5 Å². The monoisotopic (exact) mass is 263 g/mol. The molecule has 2 rings (SSSR count). The molecular weight excluding hydrogens is 246 g/mol. The van der Waals surface area contributed by atoms with Crippen molar-refractivity contribution in [3.63, 3.8) is 0 Å². The number of aliphatic hydroxyl groups excluding tert-OH is 1. The molecule has 0 aliphatic heterocycles. The van der Waals surface area contributed by atoms with Crippen LogP contribution in [0.5, 0.6) is 5.88 Å². The van der Waals surface area contributed by atoms with Gasteiger partial charge in [0.05, 0.1) is 26.0 Å². The van der Waals surface area contributed by atoms with Crippen LogP contribution in [-0.2, 0) is 19.6 Å². The van der Waals surface area contributed by atoms with Gasteiger partial charge in [-0.05, 0) is 11.6 Å². The lowest BCUT2D eigenvalue weighted by Crippen LogP contribution is -2.13. The third-order valence-corrected chi connectivity index (χ3v) is 2.56. The quantitative estimate of drug-likeness (QED) is 0.729. The van der Waals surface area contributed by atoms with Crippen molar-refractivity contribution in [1.82, 2.24) is 25.3 Å². The van der Waals surface area contributed by atoms with Crippen LogP contribution < -0.4 is 10.1 Å². The number of methoxy groups -OCH3 is 1. The van der Waals surface area contributed by atoms with Crippen molar-refractivity contribution in [2.45, 2.75) is 19.6 Å². The molecule has 0 aromatic carbocycles. The van der Waals surface area contributed by atoms with Crippen molar-refractivity contribution in [2.75, 3.05) is 13.7 Å². The van der Waals surface area contributed by atoms with E-state index in [9.17, 15) is 0 Å². The Bertz CT molecular complexity index is 514. The van der Waals surface area contributed by atoms with Crippen molar-refractivity contribution in [3.8, 4) is 5.88 Å². The highest BCUT2D eigenvalue weighted by molar-refractivity contribution is 5.20. The van der Waals surface area contributed by atoms with E-state index in [1.54, 1.807) is 18.0 Å². The summed E-state index contributed by atoms with van der Waals surface area (Å²) in [5, 5.41) is 19.9. The zero-order valence-corrected chi connectivity index (χ0v) is 10.8. The summed E-state index contributed by atoms with van der Waals surface area (Å²) in [6.45, 7) is 1.85. The number of rotatable bonds is 7. The normalized spacial score (nSPS) is 10.6. The van der Waals surface area contributed by atoms with E-state index >= 15 is 0 Å². The molecule has 0 aliphatic carbocycles. The number of nitrogens with one attached hydrogen (secondary N) is 1. The van der Waals surface area contributed by atoms with E-state index in [1.165, 1.54) is 0 Å². The lowest BCUT2D eigenvalue weighted by molar-refractivity contribution is 0.268. The minimum absolute atomic E-state index is 0.0625. The zero-order chi connectivity index (χ0) is 13.5. The van der Waals surface area contributed by atoms with Crippen molar-refractivity contribution in [3.05, 3.63) is 35.8 Å². The molecule has 0 unspecified atom stereocenters. The van der Waals surface area contributed by atoms with Gasteiger partial charge in [0.2, 0.25) is 5.88 Å². The molecule has 2 heterocycles. The molecule has 0 aliphatic rings. The first-order valence-corrected chi connectivity index (χ1v) is 6.01. The van der Waals surface area contributed by atoms with Gasteiger partial charge in [0.1, 0.15) is 0 Å². The fourth-order valence-corrected chi connectivity index (χ4v) is 1.64. The molecule has 0 spiro atoms. The largest absolute Gasteiger partial charge is 0.481 e. The van der Waals surface area contributed by atoms with E-state index in [0.717, 1.165) is 11.3 Å². The number of aromatic nitrogens is 4. The summed E-state index contributed by atoms with van der Waals surface area (Å²) in [5.74, 6) is 0.605. The van der Waals surface area contributed by atoms with E-state index in [0.29, 0.717) is 25.5 Å². The number of hydrogen-bond acceptors (Lipinski definition) is 6. The second-order valence-corrected chi connectivity index (χ2v) is 4.01. The molecule has 7 heteroatoms. The van der Waals surface area contributed by atoms with Gasteiger partial charge in [-0.15, -0.1) is 5.10 Å². The highest BCUT2D eigenvalue weighted by Crippen LogP contribution is 2.08. The molecule has 0 fully saturated rings. The summed E-state index contributed by atoms with van der Waals surface area (Å²) in [6, 6.07) is 3.81. The Morgan fingerprint density at radius 1 is 1.42 bits per heavy atom. The van der Waals surface area contributed by atoms with Crippen LogP contribution in [0.4, 0.5) is 0 Å². The van der Waals surface area contributed by atoms with Crippen LogP contribution in [0.15, 0.2) is 24.5 Å². The van der Waals surface area contributed by atoms with Crippen LogP contribution in [0.1, 0.15) is 11.3 Å². The van der Waals surface area contributed by atoms with Gasteiger partial charge in [0.25, 0.3) is 0 Å². The van der Waals surface area contributed by atoms with Gasteiger partial charge >= 0.3 is 0 Å². The minimum Gasteiger partial charge on any atom is -0.481 e. The summed E-state index contributed by atoms with van der Waals surface area (Å²) in [4.78, 5) is 4.05. The third-order valence-electron chi connectivity index (χ3n) is 2.56. The molecule has 0 amide bonds. The Balaban J connectivity index is 1.81. The minimum atomic E-state index is 0.0625. The first kappa shape index (κ1) is 13.4. The summed E-state index contributed by atoms with van der Waals surface area (Å²) in [7, 11) is 1.60. The predicted octanol–water partition coefficient (Wildman–Crippen LogP) is -0.0362. The van der Waals surface area contributed by atoms with Gasteiger partial charge in [-0.3, -0.25) is 0 Å². The maximum Gasteiger partial charge on any atom is 0.213 e. The number of ether oxygens (including phenoxy) is 1. The first-order chi connectivity index (χ1) is 9.31. The fourth-order valence-electron chi connectivity index (χ4n) is 1.64. The molecule has 0 saturated heterocycles. The van der Waals surface area contributed by atoms with Gasteiger partial charge in [-0.25, -0.2) is 9.67 Å². The molecule has 0 radical (unpaired) electrons. The maximum absolute atomic E-state index is 8.78. The van der Waals surface area contributed by atoms with Crippen LogP contribution in [0.3, 0.4) is 0 Å². The Morgan fingerprint density at radius 2 is 2.32 bits per heavy atom. The van der Waals surface area contributed by atoms with Crippen molar-refractivity contribution in [1.29, 1.82) is 0 Å². The second-order valence-electron chi connectivity index (χ2n) is 4.01. The smallest absolute Gasteiger partial charge is 0.213 e. The highest BCUT2D eigenvalue weighted by Gasteiger charge is 2.01. The summed E-state index contributed by atoms with van der Waals surface area (Å²) >= 11 is 0. The van der Waals surface area contributed by atoms with Crippen LogP contribution in [0.25, 0.3) is 0 Å². The number of hydrogen-bond donors (Lipinski definition) is 2. The topological polar surface area (TPSA) is 85.1 Å². The molecule has 19 heavy (non-hydrogen) atoms. The molecule has 2 aromatic rings. The van der Waals surface area contributed by atoms with Gasteiger partial charge in [-0.1, -0.05) is 5.21 Å². The lowest BCUT2D eigenvalue weighted by Gasteiger charge is -2.04. The maximum atomic E-state index is 8.78. The average Bonchev–Trinajstić information content (AvgIpc) is 2.87. The lowest BCUT2D eigenvalue weighted by atomic mass is 10.2. The molecule has 0 saturated carbocycles. The Hall–Kier alpha value is -1.99. The fraction of sp³-hybridized carbons (Fsp3) is 0.417. The molecular formula is C12H17N5O2. The van der Waals surface area contributed by atoms with Gasteiger partial charge in [-0.2, -0.15) is 0 Å². The zero-order valence-electron chi connectivity index (χ0n) is 10.8. The summed E-state index contributed by atoms with van der Waals surface area (Å²) in [6.07, 6.45) is 3.53. The number of aliphatic hydroxyl groups is 1. The second kappa shape index (κ2) is 6.81. The van der Waals surface area contributed by atoms with E-state index in [2.05, 4.69) is 20.6 Å². The Labute approximate surface area is 111 Å². The Kier molecular flexibility index (Phi) is 4.82. The molecule has 102 valence electrons. The van der Waals surface area contributed by atoms with Crippen LogP contribution in [-0.4, -0.2) is 38.8 Å². The average molecular weight is 263 g/mol. The van der Waals surface area contributed by atoms with Crippen molar-refractivity contribution < 1.29 is 9.84 Å². The van der Waals surface area contributed by atoms with E-state index in [4.69, 9.17) is 9.84 Å². The van der Waals surface area contributed by atoms with Crippen molar-refractivity contribution >= 4 is 0 Å². The Morgan fingerprint density at radius 3 is 3.11 bits per heavy atom. The van der Waals surface area contributed by atoms with E-state index in [1.807, 2.05) is 18.3 Å². The van der Waals surface area contributed by atoms with E-state index in [-0.39, 0.29) is 6.61 Å². The molecule has 0 bridgehead atoms. The molecule has 2 aromatic heterocycles. The molecule has 7 nitrogen and oxygen atoms in total. The third kappa shape index (κ3) is 4.01. The first-order valence-electron chi connectivity index (χ1n) is 6.01. The predicted molar refractivity (Wildman–Crippen MR) is 68.4 cm³/mol. The van der Waals surface area contributed by atoms with Gasteiger partial charge < -0.3 is 15.2 Å². The van der Waals surface area contributed by atoms with Crippen LogP contribution in [0, 0.1) is 0 Å². The standard InChI is InChI=1S/C12H17N5O2/c1-19-12-6-10(2-3-14-12)7-13-8-11-9-17(4-5-18)16-15-11/h2-3,6,9,13,18H,4-5,7-8H2,1H3. The van der Waals surface area contributed by atoms with Crippen LogP contribution >= 0.6 is 0 Å². The number of pyridine rings is 1. The molecule has 2 N–H and O–H groups in total. The van der Waals surface area contributed by atoms with Gasteiger partial charge in [0.15, 0.2) is 0 Å². The van der Waals surface area contributed by atoms with Crippen LogP contribution in [0.2, 0.25) is 0 Å². The SMILES string of the molecule is COc1cc(CNCc2cn(CCO)nn2)ccn1. The summed E-state index contributed by atoms with van der Waals surface area (Å²) < 4.78 is 6.68.